The van der Waals surface area contributed by atoms with E-state index in [1.54, 1.807) is 10.7 Å². The van der Waals surface area contributed by atoms with E-state index >= 15 is 0 Å². The molecule has 4 nitrogen and oxygen atoms in total. The first-order valence-electron chi connectivity index (χ1n) is 3.27. The molecule has 0 fully saturated rings. The van der Waals surface area contributed by atoms with E-state index in [4.69, 9.17) is 0 Å². The Kier molecular flexibility index (Phi) is 1.09. The molecule has 0 aliphatic heterocycles. The Balaban J connectivity index is 2.90. The van der Waals surface area contributed by atoms with Crippen molar-refractivity contribution < 1.29 is 5.11 Å². The van der Waals surface area contributed by atoms with E-state index in [0.717, 1.165) is 5.69 Å². The molecule has 0 aromatic carbocycles. The molecule has 0 spiro atoms. The smallest absolute Gasteiger partial charge is 0.196 e. The van der Waals surface area contributed by atoms with Crippen molar-refractivity contribution in [3.05, 3.63) is 24.2 Å². The predicted octanol–water partition coefficient (Wildman–Crippen LogP) is 0.743. The zero-order chi connectivity index (χ0) is 7.84. The van der Waals surface area contributed by atoms with E-state index < -0.39 is 0 Å². The fraction of sp³-hybridized carbons (Fsp3) is 0.143. The van der Waals surface area contributed by atoms with E-state index in [-0.39, 0.29) is 5.75 Å². The van der Waals surface area contributed by atoms with Crippen LogP contribution in [0.15, 0.2) is 18.5 Å². The Morgan fingerprint density at radius 2 is 2.36 bits per heavy atom. The van der Waals surface area contributed by atoms with Crippen molar-refractivity contribution in [2.75, 3.05) is 0 Å². The molecule has 4 heteroatoms. The summed E-state index contributed by atoms with van der Waals surface area (Å²) < 4.78 is 1.55. The Hall–Kier alpha value is -1.58. The fourth-order valence-electron chi connectivity index (χ4n) is 0.998. The highest BCUT2D eigenvalue weighted by Crippen LogP contribution is 2.14. The van der Waals surface area contributed by atoms with Crippen LogP contribution in [0.2, 0.25) is 0 Å². The summed E-state index contributed by atoms with van der Waals surface area (Å²) >= 11 is 0. The van der Waals surface area contributed by atoms with Crippen LogP contribution in [0, 0.1) is 6.92 Å². The van der Waals surface area contributed by atoms with Crippen LogP contribution in [0.5, 0.6) is 5.75 Å². The number of aromatic nitrogens is 3. The molecule has 11 heavy (non-hydrogen) atoms. The van der Waals surface area contributed by atoms with Crippen molar-refractivity contribution in [2.24, 2.45) is 0 Å². The van der Waals surface area contributed by atoms with Crippen molar-refractivity contribution in [3.63, 3.8) is 0 Å². The maximum absolute atomic E-state index is 9.26. The lowest BCUT2D eigenvalue weighted by atomic mass is 10.5. The fourth-order valence-corrected chi connectivity index (χ4v) is 0.998. The second kappa shape index (κ2) is 1.95. The van der Waals surface area contributed by atoms with Gasteiger partial charge < -0.3 is 5.11 Å². The van der Waals surface area contributed by atoms with Gasteiger partial charge in [-0.2, -0.15) is 5.10 Å². The lowest BCUT2D eigenvalue weighted by Gasteiger charge is -1.91. The summed E-state index contributed by atoms with van der Waals surface area (Å²) in [5.41, 5.74) is 1.35. The largest absolute Gasteiger partial charge is 0.504 e. The van der Waals surface area contributed by atoms with Crippen molar-refractivity contribution in [3.8, 4) is 5.75 Å². The first-order valence-corrected chi connectivity index (χ1v) is 3.27. The van der Waals surface area contributed by atoms with Gasteiger partial charge in [-0.3, -0.25) is 0 Å². The molecule has 2 aromatic rings. The third-order valence-electron chi connectivity index (χ3n) is 1.46. The van der Waals surface area contributed by atoms with Crippen LogP contribution in [0.4, 0.5) is 0 Å². The molecule has 0 amide bonds. The van der Waals surface area contributed by atoms with Gasteiger partial charge in [-0.1, -0.05) is 0 Å². The molecule has 0 aliphatic carbocycles. The first-order chi connectivity index (χ1) is 5.27. The second-order valence-corrected chi connectivity index (χ2v) is 2.37. The standard InChI is InChI=1S/C7H7N3O/c1-5-4-10-7(9-5)6(11)2-3-8-10/h2-4,11H,1H3. The number of fused-ring (bicyclic) bond motifs is 1. The summed E-state index contributed by atoms with van der Waals surface area (Å²) in [5, 5.41) is 13.2. The number of hydrogen-bond donors (Lipinski definition) is 1. The third-order valence-corrected chi connectivity index (χ3v) is 1.46. The molecule has 2 heterocycles. The zero-order valence-electron chi connectivity index (χ0n) is 6.02. The molecular weight excluding hydrogens is 142 g/mol. The van der Waals surface area contributed by atoms with Crippen LogP contribution < -0.4 is 0 Å². The zero-order valence-corrected chi connectivity index (χ0v) is 6.02. The number of nitrogens with zero attached hydrogens (tertiary/aromatic N) is 3. The summed E-state index contributed by atoms with van der Waals surface area (Å²) in [7, 11) is 0. The van der Waals surface area contributed by atoms with Gasteiger partial charge in [-0.05, 0) is 6.92 Å². The molecule has 0 saturated carbocycles. The van der Waals surface area contributed by atoms with E-state index in [9.17, 15) is 5.11 Å². The maximum atomic E-state index is 9.26. The Morgan fingerprint density at radius 3 is 3.09 bits per heavy atom. The molecule has 2 rings (SSSR count). The highest BCUT2D eigenvalue weighted by atomic mass is 16.3. The van der Waals surface area contributed by atoms with Crippen LogP contribution in [0.1, 0.15) is 5.69 Å². The molecule has 0 bridgehead atoms. The molecule has 56 valence electrons. The minimum absolute atomic E-state index is 0.160. The third kappa shape index (κ3) is 0.832. The number of rotatable bonds is 0. The van der Waals surface area contributed by atoms with Gasteiger partial charge in [0.05, 0.1) is 18.1 Å². The van der Waals surface area contributed by atoms with Gasteiger partial charge in [-0.15, -0.1) is 0 Å². The molecule has 0 aliphatic rings. The van der Waals surface area contributed by atoms with Gasteiger partial charge in [0.2, 0.25) is 0 Å². The molecule has 0 unspecified atom stereocenters. The maximum Gasteiger partial charge on any atom is 0.196 e. The molecule has 2 aromatic heterocycles. The summed E-state index contributed by atoms with van der Waals surface area (Å²) in [6.45, 7) is 1.86. The van der Waals surface area contributed by atoms with E-state index in [1.807, 2.05) is 6.92 Å². The summed E-state index contributed by atoms with van der Waals surface area (Å²) in [6.07, 6.45) is 3.29. The van der Waals surface area contributed by atoms with Crippen molar-refractivity contribution >= 4 is 5.65 Å². The van der Waals surface area contributed by atoms with Gasteiger partial charge in [0, 0.05) is 6.07 Å². The lowest BCUT2D eigenvalue weighted by Crippen LogP contribution is -1.87. The van der Waals surface area contributed by atoms with Crippen LogP contribution >= 0.6 is 0 Å². The van der Waals surface area contributed by atoms with Gasteiger partial charge in [0.25, 0.3) is 0 Å². The average Bonchev–Trinajstić information content (AvgIpc) is 2.31. The Bertz CT molecular complexity index is 393. The Morgan fingerprint density at radius 1 is 1.55 bits per heavy atom. The molecular formula is C7H7N3O. The van der Waals surface area contributed by atoms with Gasteiger partial charge >= 0.3 is 0 Å². The van der Waals surface area contributed by atoms with E-state index in [2.05, 4.69) is 10.1 Å². The van der Waals surface area contributed by atoms with Crippen LogP contribution in [0.3, 0.4) is 0 Å². The Labute approximate surface area is 63.1 Å². The normalized spacial score (nSPS) is 10.6. The minimum Gasteiger partial charge on any atom is -0.504 e. The van der Waals surface area contributed by atoms with E-state index in [1.165, 1.54) is 12.3 Å². The number of aromatic hydroxyl groups is 1. The summed E-state index contributed by atoms with van der Waals surface area (Å²) in [4.78, 5) is 4.06. The highest BCUT2D eigenvalue weighted by Gasteiger charge is 2.01. The van der Waals surface area contributed by atoms with Crippen molar-refractivity contribution in [2.45, 2.75) is 6.92 Å². The highest BCUT2D eigenvalue weighted by molar-refractivity contribution is 5.51. The molecule has 0 atom stereocenters. The molecule has 0 radical (unpaired) electrons. The monoisotopic (exact) mass is 149 g/mol. The quantitative estimate of drug-likeness (QED) is 0.601. The lowest BCUT2D eigenvalue weighted by molar-refractivity contribution is 0.475. The van der Waals surface area contributed by atoms with Gasteiger partial charge in [-0.25, -0.2) is 9.50 Å². The molecule has 1 N–H and O–H groups in total. The first kappa shape index (κ1) is 6.15. The van der Waals surface area contributed by atoms with Crippen molar-refractivity contribution in [1.82, 2.24) is 14.6 Å². The summed E-state index contributed by atoms with van der Waals surface area (Å²) in [6, 6.07) is 1.52. The van der Waals surface area contributed by atoms with Gasteiger partial charge in [0.15, 0.2) is 11.4 Å². The summed E-state index contributed by atoms with van der Waals surface area (Å²) in [5.74, 6) is 0.160. The number of hydrogen-bond acceptors (Lipinski definition) is 3. The van der Waals surface area contributed by atoms with Gasteiger partial charge in [0.1, 0.15) is 0 Å². The number of aryl methyl sites for hydroxylation is 1. The van der Waals surface area contributed by atoms with Crippen LogP contribution in [0.25, 0.3) is 5.65 Å². The minimum atomic E-state index is 0.160. The second-order valence-electron chi connectivity index (χ2n) is 2.37. The van der Waals surface area contributed by atoms with Crippen molar-refractivity contribution in [1.29, 1.82) is 0 Å². The predicted molar refractivity (Wildman–Crippen MR) is 39.4 cm³/mol. The SMILES string of the molecule is Cc1cn2nccc(O)c2n1. The van der Waals surface area contributed by atoms with Crippen LogP contribution in [-0.4, -0.2) is 19.7 Å². The number of imidazole rings is 1. The van der Waals surface area contributed by atoms with E-state index in [0.29, 0.717) is 5.65 Å². The average molecular weight is 149 g/mol. The topological polar surface area (TPSA) is 50.4 Å². The van der Waals surface area contributed by atoms with Crippen LogP contribution in [-0.2, 0) is 0 Å². The molecule has 0 saturated heterocycles.